The zero-order chi connectivity index (χ0) is 22.8. The first-order valence-corrected chi connectivity index (χ1v) is 10.2. The summed E-state index contributed by atoms with van der Waals surface area (Å²) < 4.78 is 5.57. The molecule has 0 aromatic heterocycles. The molecule has 0 spiro atoms. The fourth-order valence-electron chi connectivity index (χ4n) is 3.78. The molecule has 5 amide bonds. The van der Waals surface area contributed by atoms with Crippen molar-refractivity contribution < 1.29 is 23.9 Å². The van der Waals surface area contributed by atoms with E-state index in [0.717, 1.165) is 10.5 Å². The molecule has 1 aromatic carbocycles. The highest BCUT2D eigenvalue weighted by molar-refractivity contribution is 6.09. The highest BCUT2D eigenvalue weighted by atomic mass is 16.5. The van der Waals surface area contributed by atoms with Crippen molar-refractivity contribution in [3.63, 3.8) is 0 Å². The van der Waals surface area contributed by atoms with Gasteiger partial charge in [-0.25, -0.2) is 4.79 Å². The van der Waals surface area contributed by atoms with Crippen LogP contribution in [0, 0.1) is 5.92 Å². The minimum Gasteiger partial charge on any atom is -0.489 e. The third-order valence-corrected chi connectivity index (χ3v) is 5.74. The molecule has 1 unspecified atom stereocenters. The monoisotopic (exact) mass is 428 g/mol. The van der Waals surface area contributed by atoms with Gasteiger partial charge in [0, 0.05) is 19.0 Å². The number of benzene rings is 1. The molecule has 3 rings (SSSR count). The van der Waals surface area contributed by atoms with E-state index >= 15 is 0 Å². The zero-order valence-corrected chi connectivity index (χ0v) is 17.8. The number of imide groups is 1. The van der Waals surface area contributed by atoms with E-state index in [0.29, 0.717) is 43.9 Å². The maximum Gasteiger partial charge on any atom is 0.325 e. The molecule has 0 radical (unpaired) electrons. The van der Waals surface area contributed by atoms with Gasteiger partial charge < -0.3 is 20.7 Å². The topological polar surface area (TPSA) is 122 Å². The van der Waals surface area contributed by atoms with Crippen LogP contribution in [0.25, 0.3) is 0 Å². The molecule has 0 bridgehead atoms. The summed E-state index contributed by atoms with van der Waals surface area (Å²) in [6, 6.07) is 6.26. The van der Waals surface area contributed by atoms with Crippen molar-refractivity contribution in [1.29, 1.82) is 0 Å². The number of carbonyl (C=O) groups excluding carboxylic acids is 4. The number of carbonyl (C=O) groups is 4. The number of nitrogens with one attached hydrogen (secondary N) is 1. The third kappa shape index (κ3) is 4.70. The Labute approximate surface area is 181 Å². The Balaban J connectivity index is 1.65. The first-order chi connectivity index (χ1) is 14.6. The SMILES string of the molecule is C=C(C)COc1ccc(C2(C)NC(=O)N(CC(=O)N3CCC(C(N)=O)CC3)C2=O)cc1. The lowest BCUT2D eigenvalue weighted by atomic mass is 9.92. The number of hydrogen-bond acceptors (Lipinski definition) is 5. The van der Waals surface area contributed by atoms with Crippen LogP contribution in [0.15, 0.2) is 36.4 Å². The maximum absolute atomic E-state index is 13.1. The van der Waals surface area contributed by atoms with Crippen LogP contribution in [-0.2, 0) is 19.9 Å². The number of nitrogens with two attached hydrogens (primary N) is 1. The van der Waals surface area contributed by atoms with Gasteiger partial charge in [-0.05, 0) is 50.0 Å². The van der Waals surface area contributed by atoms with Gasteiger partial charge in [-0.15, -0.1) is 0 Å². The van der Waals surface area contributed by atoms with Crippen molar-refractivity contribution in [2.24, 2.45) is 11.7 Å². The largest absolute Gasteiger partial charge is 0.489 e. The molecule has 2 saturated heterocycles. The Morgan fingerprint density at radius 2 is 1.84 bits per heavy atom. The normalized spacial score (nSPS) is 21.7. The van der Waals surface area contributed by atoms with Gasteiger partial charge in [0.15, 0.2) is 0 Å². The molecule has 0 aliphatic carbocycles. The first-order valence-electron chi connectivity index (χ1n) is 10.2. The molecule has 1 atom stereocenters. The van der Waals surface area contributed by atoms with Gasteiger partial charge in [0.05, 0.1) is 0 Å². The number of ether oxygens (including phenoxy) is 1. The lowest BCUT2D eigenvalue weighted by molar-refractivity contribution is -0.140. The van der Waals surface area contributed by atoms with Crippen molar-refractivity contribution in [2.75, 3.05) is 26.2 Å². The van der Waals surface area contributed by atoms with E-state index in [2.05, 4.69) is 11.9 Å². The summed E-state index contributed by atoms with van der Waals surface area (Å²) >= 11 is 0. The van der Waals surface area contributed by atoms with Crippen LogP contribution in [0.3, 0.4) is 0 Å². The standard InChI is InChI=1S/C22H28N4O5/c1-14(2)13-31-17-6-4-16(5-7-17)22(3)20(29)26(21(30)24-22)12-18(27)25-10-8-15(9-11-25)19(23)28/h4-7,15H,1,8-13H2,2-3H3,(H2,23,28)(H,24,30). The van der Waals surface area contributed by atoms with E-state index in [-0.39, 0.29) is 24.3 Å². The van der Waals surface area contributed by atoms with Gasteiger partial charge in [-0.2, -0.15) is 0 Å². The average molecular weight is 428 g/mol. The Bertz CT molecular complexity index is 905. The lowest BCUT2D eigenvalue weighted by Gasteiger charge is -2.31. The Morgan fingerprint density at radius 1 is 1.23 bits per heavy atom. The highest BCUT2D eigenvalue weighted by Crippen LogP contribution is 2.30. The fraction of sp³-hybridized carbons (Fsp3) is 0.455. The van der Waals surface area contributed by atoms with Crippen molar-refractivity contribution in [3.8, 4) is 5.75 Å². The highest BCUT2D eigenvalue weighted by Gasteiger charge is 2.49. The smallest absolute Gasteiger partial charge is 0.325 e. The number of amides is 5. The van der Waals surface area contributed by atoms with Gasteiger partial charge in [0.1, 0.15) is 24.4 Å². The molecule has 31 heavy (non-hydrogen) atoms. The van der Waals surface area contributed by atoms with Crippen molar-refractivity contribution in [2.45, 2.75) is 32.2 Å². The molecule has 3 N–H and O–H groups in total. The minimum absolute atomic E-state index is 0.244. The third-order valence-electron chi connectivity index (χ3n) is 5.74. The quantitative estimate of drug-likeness (QED) is 0.498. The van der Waals surface area contributed by atoms with Crippen LogP contribution in [0.5, 0.6) is 5.75 Å². The van der Waals surface area contributed by atoms with Gasteiger partial charge in [0.25, 0.3) is 5.91 Å². The van der Waals surface area contributed by atoms with Crippen molar-refractivity contribution in [1.82, 2.24) is 15.1 Å². The number of piperidine rings is 1. The van der Waals surface area contributed by atoms with Gasteiger partial charge in [-0.1, -0.05) is 18.7 Å². The molecule has 2 heterocycles. The fourth-order valence-corrected chi connectivity index (χ4v) is 3.78. The minimum atomic E-state index is -1.27. The maximum atomic E-state index is 13.1. The van der Waals surface area contributed by atoms with E-state index in [1.807, 2.05) is 6.92 Å². The molecule has 2 aliphatic rings. The first kappa shape index (κ1) is 22.3. The predicted molar refractivity (Wildman–Crippen MR) is 113 cm³/mol. The van der Waals surface area contributed by atoms with E-state index < -0.39 is 17.5 Å². The van der Waals surface area contributed by atoms with E-state index in [9.17, 15) is 19.2 Å². The zero-order valence-electron chi connectivity index (χ0n) is 17.8. The number of rotatable bonds is 7. The van der Waals surface area contributed by atoms with E-state index in [1.165, 1.54) is 0 Å². The number of primary amides is 1. The summed E-state index contributed by atoms with van der Waals surface area (Å²) in [4.78, 5) is 52.0. The molecular weight excluding hydrogens is 400 g/mol. The summed E-state index contributed by atoms with van der Waals surface area (Å²) in [5, 5.41) is 2.70. The Kier molecular flexibility index (Phi) is 6.33. The van der Waals surface area contributed by atoms with Crippen LogP contribution in [0.2, 0.25) is 0 Å². The van der Waals surface area contributed by atoms with Crippen molar-refractivity contribution in [3.05, 3.63) is 42.0 Å². The second kappa shape index (κ2) is 8.79. The van der Waals surface area contributed by atoms with Gasteiger partial charge in [0.2, 0.25) is 11.8 Å². The van der Waals surface area contributed by atoms with Crippen LogP contribution < -0.4 is 15.8 Å². The van der Waals surface area contributed by atoms with Gasteiger partial charge >= 0.3 is 6.03 Å². The number of nitrogens with zero attached hydrogens (tertiary/aromatic N) is 2. The lowest BCUT2D eigenvalue weighted by Crippen LogP contribution is -2.47. The molecule has 166 valence electrons. The van der Waals surface area contributed by atoms with Crippen LogP contribution in [0.4, 0.5) is 4.79 Å². The number of urea groups is 1. The second-order valence-corrected chi connectivity index (χ2v) is 8.27. The summed E-state index contributed by atoms with van der Waals surface area (Å²) in [7, 11) is 0. The van der Waals surface area contributed by atoms with Crippen LogP contribution >= 0.6 is 0 Å². The molecule has 9 heteroatoms. The molecule has 2 aliphatic heterocycles. The number of likely N-dealkylation sites (tertiary alicyclic amines) is 1. The van der Waals surface area contributed by atoms with Gasteiger partial charge in [-0.3, -0.25) is 19.3 Å². The van der Waals surface area contributed by atoms with E-state index in [1.54, 1.807) is 36.1 Å². The van der Waals surface area contributed by atoms with Crippen LogP contribution in [-0.4, -0.2) is 59.8 Å². The summed E-state index contributed by atoms with van der Waals surface area (Å²) in [5.74, 6) is -0.814. The summed E-state index contributed by atoms with van der Waals surface area (Å²) in [6.45, 7) is 8.04. The van der Waals surface area contributed by atoms with E-state index in [4.69, 9.17) is 10.5 Å². The second-order valence-electron chi connectivity index (χ2n) is 8.27. The molecular formula is C22H28N4O5. The van der Waals surface area contributed by atoms with Crippen molar-refractivity contribution >= 4 is 23.8 Å². The Hall–Kier alpha value is -3.36. The number of hydrogen-bond donors (Lipinski definition) is 2. The summed E-state index contributed by atoms with van der Waals surface area (Å²) in [6.07, 6.45) is 0.970. The summed E-state index contributed by atoms with van der Waals surface area (Å²) in [5.41, 5.74) is 5.52. The molecule has 0 saturated carbocycles. The average Bonchev–Trinajstić information content (AvgIpc) is 2.96. The van der Waals surface area contributed by atoms with Crippen LogP contribution in [0.1, 0.15) is 32.3 Å². The predicted octanol–water partition coefficient (Wildman–Crippen LogP) is 1.13. The Morgan fingerprint density at radius 3 is 2.39 bits per heavy atom. The molecule has 2 fully saturated rings. The molecule has 9 nitrogen and oxygen atoms in total. The molecule has 1 aromatic rings.